The fraction of sp³-hybridized carbons (Fsp3) is 1.00. The van der Waals surface area contributed by atoms with Crippen LogP contribution < -0.4 is 0 Å². The SMILES string of the molecule is CC1CCN(CC2CCSC2)C1. The van der Waals surface area contributed by atoms with Gasteiger partial charge in [0.1, 0.15) is 0 Å². The zero-order chi connectivity index (χ0) is 8.39. The largest absolute Gasteiger partial charge is 0.303 e. The van der Waals surface area contributed by atoms with Crippen molar-refractivity contribution in [2.45, 2.75) is 19.8 Å². The quantitative estimate of drug-likeness (QED) is 0.648. The maximum atomic E-state index is 2.67. The van der Waals surface area contributed by atoms with E-state index in [1.54, 1.807) is 0 Å². The summed E-state index contributed by atoms with van der Waals surface area (Å²) in [5.74, 6) is 4.80. The molecule has 2 rings (SSSR count). The molecule has 0 radical (unpaired) electrons. The number of nitrogens with zero attached hydrogens (tertiary/aromatic N) is 1. The lowest BCUT2D eigenvalue weighted by atomic mass is 10.1. The molecule has 0 N–H and O–H groups in total. The van der Waals surface area contributed by atoms with Crippen molar-refractivity contribution in [3.05, 3.63) is 0 Å². The minimum atomic E-state index is 0.957. The highest BCUT2D eigenvalue weighted by molar-refractivity contribution is 7.99. The minimum Gasteiger partial charge on any atom is -0.303 e. The van der Waals surface area contributed by atoms with Crippen LogP contribution in [0.5, 0.6) is 0 Å². The minimum absolute atomic E-state index is 0.957. The first kappa shape index (κ1) is 8.89. The van der Waals surface area contributed by atoms with Crippen LogP contribution in [0.15, 0.2) is 0 Å². The molecule has 2 aliphatic rings. The van der Waals surface area contributed by atoms with Gasteiger partial charge in [-0.1, -0.05) is 6.92 Å². The monoisotopic (exact) mass is 185 g/mol. The maximum Gasteiger partial charge on any atom is 0.00180 e. The molecule has 0 aliphatic carbocycles. The Morgan fingerprint density at radius 1 is 1.42 bits per heavy atom. The zero-order valence-corrected chi connectivity index (χ0v) is 8.78. The van der Waals surface area contributed by atoms with Gasteiger partial charge in [-0.15, -0.1) is 0 Å². The van der Waals surface area contributed by atoms with Gasteiger partial charge >= 0.3 is 0 Å². The Kier molecular flexibility index (Phi) is 2.97. The Morgan fingerprint density at radius 2 is 2.33 bits per heavy atom. The first-order chi connectivity index (χ1) is 5.84. The molecular weight excluding hydrogens is 166 g/mol. The van der Waals surface area contributed by atoms with E-state index in [1.807, 2.05) is 0 Å². The molecule has 12 heavy (non-hydrogen) atoms. The third-order valence-electron chi connectivity index (χ3n) is 3.05. The van der Waals surface area contributed by atoms with Crippen molar-refractivity contribution in [1.29, 1.82) is 0 Å². The molecule has 0 amide bonds. The molecule has 0 saturated carbocycles. The number of thioether (sulfide) groups is 1. The highest BCUT2D eigenvalue weighted by Gasteiger charge is 2.23. The predicted molar refractivity (Wildman–Crippen MR) is 55.7 cm³/mol. The Balaban J connectivity index is 1.72. The van der Waals surface area contributed by atoms with Crippen molar-refractivity contribution in [2.24, 2.45) is 11.8 Å². The molecule has 1 nitrogen and oxygen atoms in total. The van der Waals surface area contributed by atoms with E-state index in [4.69, 9.17) is 0 Å². The number of hydrogen-bond acceptors (Lipinski definition) is 2. The van der Waals surface area contributed by atoms with Crippen LogP contribution in [0.2, 0.25) is 0 Å². The summed E-state index contributed by atoms with van der Waals surface area (Å²) in [6.07, 6.45) is 2.90. The molecule has 2 aliphatic heterocycles. The van der Waals surface area contributed by atoms with Crippen LogP contribution >= 0.6 is 11.8 Å². The molecule has 70 valence electrons. The Labute approximate surface area is 79.9 Å². The summed E-state index contributed by atoms with van der Waals surface area (Å²) < 4.78 is 0. The van der Waals surface area contributed by atoms with Crippen LogP contribution in [-0.4, -0.2) is 36.0 Å². The lowest BCUT2D eigenvalue weighted by Gasteiger charge is -2.19. The average molecular weight is 185 g/mol. The molecule has 2 fully saturated rings. The lowest BCUT2D eigenvalue weighted by molar-refractivity contribution is 0.283. The normalized spacial score (nSPS) is 37.8. The van der Waals surface area contributed by atoms with Crippen LogP contribution in [-0.2, 0) is 0 Å². The predicted octanol–water partition coefficient (Wildman–Crippen LogP) is 2.08. The Morgan fingerprint density at radius 3 is 2.92 bits per heavy atom. The van der Waals surface area contributed by atoms with E-state index < -0.39 is 0 Å². The Bertz CT molecular complexity index is 143. The zero-order valence-electron chi connectivity index (χ0n) is 7.96. The van der Waals surface area contributed by atoms with Crippen LogP contribution in [0.4, 0.5) is 0 Å². The summed E-state index contributed by atoms with van der Waals surface area (Å²) in [5, 5.41) is 0. The summed E-state index contributed by atoms with van der Waals surface area (Å²) in [6.45, 7) is 6.49. The van der Waals surface area contributed by atoms with Gasteiger partial charge in [0.25, 0.3) is 0 Å². The molecule has 0 aromatic heterocycles. The van der Waals surface area contributed by atoms with E-state index in [0.29, 0.717) is 0 Å². The van der Waals surface area contributed by atoms with Crippen molar-refractivity contribution in [3.8, 4) is 0 Å². The van der Waals surface area contributed by atoms with Crippen molar-refractivity contribution in [1.82, 2.24) is 4.90 Å². The third-order valence-corrected chi connectivity index (χ3v) is 4.28. The van der Waals surface area contributed by atoms with Crippen molar-refractivity contribution >= 4 is 11.8 Å². The third kappa shape index (κ3) is 2.17. The van der Waals surface area contributed by atoms with Gasteiger partial charge in [0.05, 0.1) is 0 Å². The average Bonchev–Trinajstić information content (AvgIpc) is 2.63. The molecule has 2 unspecified atom stereocenters. The second-order valence-electron chi connectivity index (χ2n) is 4.38. The fourth-order valence-electron chi connectivity index (χ4n) is 2.28. The van der Waals surface area contributed by atoms with Crippen molar-refractivity contribution in [2.75, 3.05) is 31.1 Å². The second kappa shape index (κ2) is 4.01. The van der Waals surface area contributed by atoms with Crippen molar-refractivity contribution < 1.29 is 0 Å². The van der Waals surface area contributed by atoms with E-state index >= 15 is 0 Å². The van der Waals surface area contributed by atoms with Gasteiger partial charge < -0.3 is 4.90 Å². The summed E-state index contributed by atoms with van der Waals surface area (Å²) in [7, 11) is 0. The maximum absolute atomic E-state index is 2.67. The summed E-state index contributed by atoms with van der Waals surface area (Å²) in [4.78, 5) is 2.67. The summed E-state index contributed by atoms with van der Waals surface area (Å²) >= 11 is 2.14. The van der Waals surface area contributed by atoms with E-state index in [2.05, 4.69) is 23.6 Å². The lowest BCUT2D eigenvalue weighted by Crippen LogP contribution is -2.27. The summed E-state index contributed by atoms with van der Waals surface area (Å²) in [6, 6.07) is 0. The van der Waals surface area contributed by atoms with Gasteiger partial charge in [-0.2, -0.15) is 11.8 Å². The van der Waals surface area contributed by atoms with Gasteiger partial charge in [0, 0.05) is 13.1 Å². The van der Waals surface area contributed by atoms with Crippen LogP contribution in [0.3, 0.4) is 0 Å². The van der Waals surface area contributed by atoms with E-state index in [1.165, 1.54) is 44.0 Å². The molecular formula is C10H19NS. The number of hydrogen-bond donors (Lipinski definition) is 0. The van der Waals surface area contributed by atoms with Gasteiger partial charge in [-0.3, -0.25) is 0 Å². The number of rotatable bonds is 2. The number of likely N-dealkylation sites (tertiary alicyclic amines) is 1. The van der Waals surface area contributed by atoms with Gasteiger partial charge in [0.15, 0.2) is 0 Å². The first-order valence-corrected chi connectivity index (χ1v) is 6.30. The van der Waals surface area contributed by atoms with E-state index in [0.717, 1.165) is 11.8 Å². The molecule has 2 saturated heterocycles. The van der Waals surface area contributed by atoms with E-state index in [9.17, 15) is 0 Å². The van der Waals surface area contributed by atoms with Gasteiger partial charge in [-0.25, -0.2) is 0 Å². The molecule has 0 aromatic rings. The Hall–Kier alpha value is 0.310. The van der Waals surface area contributed by atoms with Crippen LogP contribution in [0.1, 0.15) is 19.8 Å². The van der Waals surface area contributed by atoms with Crippen LogP contribution in [0.25, 0.3) is 0 Å². The molecule has 0 bridgehead atoms. The van der Waals surface area contributed by atoms with Crippen LogP contribution in [0, 0.1) is 11.8 Å². The summed E-state index contributed by atoms with van der Waals surface area (Å²) in [5.41, 5.74) is 0. The van der Waals surface area contributed by atoms with E-state index in [-0.39, 0.29) is 0 Å². The smallest absolute Gasteiger partial charge is 0.00180 e. The topological polar surface area (TPSA) is 3.24 Å². The molecule has 2 atom stereocenters. The molecule has 2 heterocycles. The fourth-order valence-corrected chi connectivity index (χ4v) is 3.56. The molecule has 0 aromatic carbocycles. The van der Waals surface area contributed by atoms with Gasteiger partial charge in [-0.05, 0) is 42.7 Å². The van der Waals surface area contributed by atoms with Gasteiger partial charge in [0.2, 0.25) is 0 Å². The molecule has 0 spiro atoms. The first-order valence-electron chi connectivity index (χ1n) is 5.14. The molecule has 2 heteroatoms. The highest BCUT2D eigenvalue weighted by atomic mass is 32.2. The van der Waals surface area contributed by atoms with Crippen molar-refractivity contribution in [3.63, 3.8) is 0 Å². The highest BCUT2D eigenvalue weighted by Crippen LogP contribution is 2.26. The second-order valence-corrected chi connectivity index (χ2v) is 5.53. The standard InChI is InChI=1S/C10H19NS/c1-9-2-4-11(6-9)7-10-3-5-12-8-10/h9-10H,2-8H2,1H3.